The number of hydrogen-bond donors (Lipinski definition) is 2. The molecule has 0 saturated carbocycles. The zero-order valence-corrected chi connectivity index (χ0v) is 16.7. The number of nitrogens with zero attached hydrogens (tertiary/aromatic N) is 1. The number of benzene rings is 1. The first-order chi connectivity index (χ1) is 14.0. The Kier molecular flexibility index (Phi) is 6.40. The van der Waals surface area contributed by atoms with Gasteiger partial charge in [-0.25, -0.2) is 9.59 Å². The fourth-order valence-electron chi connectivity index (χ4n) is 2.57. The SMILES string of the molecule is COc1ccc2cc(C(=O)OCC(=O)NC(=O)NCc3cccs3)c(C)nc2c1. The smallest absolute Gasteiger partial charge is 0.340 e. The van der Waals surface area contributed by atoms with Gasteiger partial charge in [-0.3, -0.25) is 15.1 Å². The second-order valence-corrected chi connectivity index (χ2v) is 7.10. The molecule has 1 aromatic carbocycles. The van der Waals surface area contributed by atoms with Crippen LogP contribution >= 0.6 is 11.3 Å². The van der Waals surface area contributed by atoms with E-state index >= 15 is 0 Å². The fourth-order valence-corrected chi connectivity index (χ4v) is 3.22. The molecule has 9 heteroatoms. The van der Waals surface area contributed by atoms with Gasteiger partial charge in [-0.1, -0.05) is 6.07 Å². The maximum atomic E-state index is 12.3. The highest BCUT2D eigenvalue weighted by molar-refractivity contribution is 7.09. The average molecular weight is 413 g/mol. The zero-order valence-electron chi connectivity index (χ0n) is 15.9. The molecule has 0 aliphatic carbocycles. The topological polar surface area (TPSA) is 107 Å². The monoisotopic (exact) mass is 413 g/mol. The van der Waals surface area contributed by atoms with E-state index in [4.69, 9.17) is 9.47 Å². The quantitative estimate of drug-likeness (QED) is 0.602. The molecule has 150 valence electrons. The van der Waals surface area contributed by atoms with Gasteiger partial charge in [0, 0.05) is 16.3 Å². The minimum atomic E-state index is -0.724. The number of carbonyl (C=O) groups is 3. The van der Waals surface area contributed by atoms with Crippen molar-refractivity contribution in [3.8, 4) is 5.75 Å². The lowest BCUT2D eigenvalue weighted by atomic mass is 10.1. The van der Waals surface area contributed by atoms with Crippen LogP contribution < -0.4 is 15.4 Å². The van der Waals surface area contributed by atoms with Gasteiger partial charge in [-0.15, -0.1) is 11.3 Å². The van der Waals surface area contributed by atoms with Crippen LogP contribution in [-0.4, -0.2) is 36.6 Å². The normalized spacial score (nSPS) is 10.4. The van der Waals surface area contributed by atoms with Crippen molar-refractivity contribution in [3.05, 3.63) is 57.9 Å². The molecule has 0 spiro atoms. The Balaban J connectivity index is 1.55. The van der Waals surface area contributed by atoms with Gasteiger partial charge in [0.15, 0.2) is 6.61 Å². The van der Waals surface area contributed by atoms with Crippen molar-refractivity contribution in [3.63, 3.8) is 0 Å². The first-order valence-corrected chi connectivity index (χ1v) is 9.57. The largest absolute Gasteiger partial charge is 0.497 e. The second-order valence-electron chi connectivity index (χ2n) is 6.07. The molecule has 0 atom stereocenters. The number of aryl methyl sites for hydroxylation is 1. The maximum Gasteiger partial charge on any atom is 0.340 e. The lowest BCUT2D eigenvalue weighted by Crippen LogP contribution is -2.41. The van der Waals surface area contributed by atoms with E-state index in [9.17, 15) is 14.4 Å². The molecule has 0 fully saturated rings. The molecule has 8 nitrogen and oxygen atoms in total. The maximum absolute atomic E-state index is 12.3. The van der Waals surface area contributed by atoms with Crippen LogP contribution in [0.4, 0.5) is 4.79 Å². The predicted molar refractivity (Wildman–Crippen MR) is 108 cm³/mol. The number of pyridine rings is 1. The highest BCUT2D eigenvalue weighted by atomic mass is 32.1. The van der Waals surface area contributed by atoms with Crippen molar-refractivity contribution >= 4 is 40.1 Å². The number of rotatable bonds is 6. The van der Waals surface area contributed by atoms with E-state index in [1.807, 2.05) is 17.5 Å². The van der Waals surface area contributed by atoms with Crippen LogP contribution in [0.5, 0.6) is 5.75 Å². The number of fused-ring (bicyclic) bond motifs is 1. The van der Waals surface area contributed by atoms with Crippen LogP contribution in [0.2, 0.25) is 0 Å². The third-order valence-corrected chi connectivity index (χ3v) is 4.90. The van der Waals surface area contributed by atoms with Crippen LogP contribution in [0.15, 0.2) is 41.8 Å². The number of hydrogen-bond acceptors (Lipinski definition) is 7. The second kappa shape index (κ2) is 9.16. The predicted octanol–water partition coefficient (Wildman–Crippen LogP) is 2.80. The molecule has 0 aliphatic rings. The van der Waals surface area contributed by atoms with Crippen LogP contribution in [0.25, 0.3) is 10.9 Å². The summed E-state index contributed by atoms with van der Waals surface area (Å²) in [7, 11) is 1.56. The summed E-state index contributed by atoms with van der Waals surface area (Å²) < 4.78 is 10.2. The molecule has 0 saturated heterocycles. The molecule has 3 rings (SSSR count). The van der Waals surface area contributed by atoms with Gasteiger partial charge in [0.05, 0.1) is 30.4 Å². The number of ether oxygens (including phenoxy) is 2. The minimum Gasteiger partial charge on any atom is -0.497 e. The van der Waals surface area contributed by atoms with Crippen LogP contribution in [0.3, 0.4) is 0 Å². The lowest BCUT2D eigenvalue weighted by molar-refractivity contribution is -0.123. The van der Waals surface area contributed by atoms with Crippen molar-refractivity contribution in [2.24, 2.45) is 0 Å². The summed E-state index contributed by atoms with van der Waals surface area (Å²) >= 11 is 1.49. The molecule has 29 heavy (non-hydrogen) atoms. The number of urea groups is 1. The van der Waals surface area contributed by atoms with E-state index in [0.29, 0.717) is 23.5 Å². The van der Waals surface area contributed by atoms with E-state index in [1.54, 1.807) is 38.3 Å². The van der Waals surface area contributed by atoms with E-state index in [-0.39, 0.29) is 5.56 Å². The molecular formula is C20H19N3O5S. The van der Waals surface area contributed by atoms with E-state index < -0.39 is 24.5 Å². The number of carbonyl (C=O) groups excluding carboxylic acids is 3. The van der Waals surface area contributed by atoms with Crippen molar-refractivity contribution in [2.75, 3.05) is 13.7 Å². The number of imide groups is 1. The van der Waals surface area contributed by atoms with Crippen molar-refractivity contribution in [2.45, 2.75) is 13.5 Å². The Labute approximate surface area is 170 Å². The molecule has 0 bridgehead atoms. The van der Waals surface area contributed by atoms with Gasteiger partial charge in [0.2, 0.25) is 0 Å². The summed E-state index contributed by atoms with van der Waals surface area (Å²) in [6.45, 7) is 1.41. The molecular weight excluding hydrogens is 394 g/mol. The molecule has 0 unspecified atom stereocenters. The van der Waals surface area contributed by atoms with E-state index in [2.05, 4.69) is 15.6 Å². The highest BCUT2D eigenvalue weighted by Crippen LogP contribution is 2.22. The molecule has 0 aliphatic heterocycles. The van der Waals surface area contributed by atoms with Crippen molar-refractivity contribution in [1.29, 1.82) is 0 Å². The van der Waals surface area contributed by atoms with Gasteiger partial charge in [0.1, 0.15) is 5.75 Å². The number of nitrogens with one attached hydrogen (secondary N) is 2. The Bertz CT molecular complexity index is 1050. The Morgan fingerprint density at radius 2 is 2.00 bits per heavy atom. The third kappa shape index (κ3) is 5.29. The number of aromatic nitrogens is 1. The minimum absolute atomic E-state index is 0.248. The zero-order chi connectivity index (χ0) is 20.8. The Hall–Kier alpha value is -3.46. The van der Waals surface area contributed by atoms with Gasteiger partial charge in [0.25, 0.3) is 5.91 Å². The third-order valence-electron chi connectivity index (χ3n) is 4.03. The van der Waals surface area contributed by atoms with E-state index in [1.165, 1.54) is 11.3 Å². The van der Waals surface area contributed by atoms with Gasteiger partial charge >= 0.3 is 12.0 Å². The number of thiophene rings is 1. The summed E-state index contributed by atoms with van der Waals surface area (Å²) in [5.74, 6) is -0.756. The van der Waals surface area contributed by atoms with Crippen molar-refractivity contribution in [1.82, 2.24) is 15.6 Å². The first-order valence-electron chi connectivity index (χ1n) is 8.69. The van der Waals surface area contributed by atoms with Gasteiger partial charge < -0.3 is 14.8 Å². The summed E-state index contributed by atoms with van der Waals surface area (Å²) in [5, 5.41) is 7.29. The highest BCUT2D eigenvalue weighted by Gasteiger charge is 2.16. The first kappa shape index (κ1) is 20.3. The summed E-state index contributed by atoms with van der Waals surface area (Å²) in [4.78, 5) is 41.2. The summed E-state index contributed by atoms with van der Waals surface area (Å²) in [6, 6.07) is 10.0. The molecule has 0 radical (unpaired) electrons. The van der Waals surface area contributed by atoms with Gasteiger partial charge in [-0.05, 0) is 36.6 Å². The number of methoxy groups -OCH3 is 1. The van der Waals surface area contributed by atoms with Gasteiger partial charge in [-0.2, -0.15) is 0 Å². The molecule has 2 heterocycles. The Morgan fingerprint density at radius 1 is 1.17 bits per heavy atom. The standard InChI is InChI=1S/C20H19N3O5S/c1-12-16(8-13-5-6-14(27-2)9-17(13)22-12)19(25)28-11-18(24)23-20(26)21-10-15-4-3-7-29-15/h3-9H,10-11H2,1-2H3,(H2,21,23,24,26). The Morgan fingerprint density at radius 3 is 2.72 bits per heavy atom. The van der Waals surface area contributed by atoms with Crippen molar-refractivity contribution < 1.29 is 23.9 Å². The van der Waals surface area contributed by atoms with Crippen LogP contribution in [0.1, 0.15) is 20.9 Å². The van der Waals surface area contributed by atoms with Crippen LogP contribution in [0, 0.1) is 6.92 Å². The summed E-state index contributed by atoms with van der Waals surface area (Å²) in [5.41, 5.74) is 1.39. The lowest BCUT2D eigenvalue weighted by Gasteiger charge is -2.09. The molecule has 3 amide bonds. The molecule has 2 N–H and O–H groups in total. The molecule has 3 aromatic rings. The number of amides is 3. The average Bonchev–Trinajstić information content (AvgIpc) is 3.23. The number of esters is 1. The fraction of sp³-hybridized carbons (Fsp3) is 0.200. The van der Waals surface area contributed by atoms with Crippen LogP contribution in [-0.2, 0) is 16.1 Å². The van der Waals surface area contributed by atoms with E-state index in [0.717, 1.165) is 10.3 Å². The summed E-state index contributed by atoms with van der Waals surface area (Å²) in [6.07, 6.45) is 0. The molecule has 2 aromatic heterocycles.